The van der Waals surface area contributed by atoms with E-state index in [9.17, 15) is 9.59 Å². The molecule has 0 aromatic heterocycles. The summed E-state index contributed by atoms with van der Waals surface area (Å²) in [4.78, 5) is 26.1. The van der Waals surface area contributed by atoms with Crippen LogP contribution in [-0.2, 0) is 20.4 Å². The highest BCUT2D eigenvalue weighted by Crippen LogP contribution is 2.47. The minimum atomic E-state index is -0.407. The molecule has 4 heteroatoms. The lowest BCUT2D eigenvalue weighted by Gasteiger charge is -2.42. The molecule has 0 saturated carbocycles. The molecule has 4 nitrogen and oxygen atoms in total. The first-order chi connectivity index (χ1) is 13.6. The highest BCUT2D eigenvalue weighted by molar-refractivity contribution is 6.07. The van der Waals surface area contributed by atoms with E-state index in [1.165, 1.54) is 24.3 Å². The van der Waals surface area contributed by atoms with Crippen LogP contribution in [0.5, 0.6) is 0 Å². The van der Waals surface area contributed by atoms with Crippen molar-refractivity contribution in [1.29, 1.82) is 0 Å². The van der Waals surface area contributed by atoms with E-state index in [0.717, 1.165) is 18.5 Å². The minimum absolute atomic E-state index is 0.0402. The molecule has 0 unspecified atom stereocenters. The van der Waals surface area contributed by atoms with Crippen LogP contribution in [0.2, 0.25) is 0 Å². The molecular formula is C25H29NO3. The lowest BCUT2D eigenvalue weighted by atomic mass is 9.63. The van der Waals surface area contributed by atoms with Gasteiger partial charge in [-0.1, -0.05) is 40.3 Å². The van der Waals surface area contributed by atoms with Gasteiger partial charge in [-0.3, -0.25) is 9.69 Å². The second kappa shape index (κ2) is 7.51. The number of methoxy groups -OCH3 is 1. The Morgan fingerprint density at radius 1 is 0.931 bits per heavy atom. The molecule has 152 valence electrons. The van der Waals surface area contributed by atoms with E-state index in [1.807, 2.05) is 6.07 Å². The second-order valence-electron chi connectivity index (χ2n) is 8.91. The van der Waals surface area contributed by atoms with Crippen LogP contribution in [0.1, 0.15) is 62.0 Å². The van der Waals surface area contributed by atoms with E-state index in [4.69, 9.17) is 4.74 Å². The van der Waals surface area contributed by atoms with Crippen molar-refractivity contribution >= 4 is 23.3 Å². The quantitative estimate of drug-likeness (QED) is 0.498. The molecule has 0 atom stereocenters. The Morgan fingerprint density at radius 2 is 1.48 bits per heavy atom. The fourth-order valence-electron chi connectivity index (χ4n) is 4.08. The van der Waals surface area contributed by atoms with E-state index in [0.29, 0.717) is 11.3 Å². The number of nitrogens with zero attached hydrogens (tertiary/aromatic N) is 1. The number of carbonyl (C=O) groups is 2. The molecule has 3 rings (SSSR count). The zero-order valence-electron chi connectivity index (χ0n) is 17.9. The van der Waals surface area contributed by atoms with Crippen molar-refractivity contribution in [2.75, 3.05) is 12.0 Å². The normalized spacial score (nSPS) is 16.4. The third-order valence-electron chi connectivity index (χ3n) is 6.04. The first-order valence-electron chi connectivity index (χ1n) is 9.90. The number of esters is 1. The van der Waals surface area contributed by atoms with Gasteiger partial charge in [0.05, 0.1) is 12.7 Å². The zero-order valence-corrected chi connectivity index (χ0v) is 17.9. The Hall–Kier alpha value is -2.88. The highest BCUT2D eigenvalue weighted by Gasteiger charge is 2.37. The van der Waals surface area contributed by atoms with Crippen LogP contribution in [0.3, 0.4) is 0 Å². The lowest BCUT2D eigenvalue weighted by Crippen LogP contribution is -2.34. The van der Waals surface area contributed by atoms with Crippen molar-refractivity contribution in [2.45, 2.75) is 51.4 Å². The summed E-state index contributed by atoms with van der Waals surface area (Å²) in [6.45, 7) is 12.7. The molecule has 1 aliphatic carbocycles. The average Bonchev–Trinajstić information content (AvgIpc) is 2.71. The summed E-state index contributed by atoms with van der Waals surface area (Å²) in [5.41, 5.74) is 4.68. The molecule has 0 spiro atoms. The number of hydrogen-bond donors (Lipinski definition) is 0. The van der Waals surface area contributed by atoms with Gasteiger partial charge in [-0.2, -0.15) is 0 Å². The highest BCUT2D eigenvalue weighted by atomic mass is 16.5. The number of carbonyl (C=O) groups excluding carboxylic acids is 2. The molecule has 0 saturated heterocycles. The van der Waals surface area contributed by atoms with Gasteiger partial charge in [0.2, 0.25) is 0 Å². The van der Waals surface area contributed by atoms with Gasteiger partial charge in [-0.25, -0.2) is 4.79 Å². The number of fused-ring (bicyclic) bond motifs is 1. The number of ether oxygens (including phenoxy) is 1. The number of anilines is 2. The monoisotopic (exact) mass is 391 g/mol. The summed E-state index contributed by atoms with van der Waals surface area (Å²) in [6, 6.07) is 13.1. The molecule has 1 aliphatic rings. The van der Waals surface area contributed by atoms with Gasteiger partial charge in [0.25, 0.3) is 5.91 Å². The van der Waals surface area contributed by atoms with Gasteiger partial charge in [0, 0.05) is 11.4 Å². The van der Waals surface area contributed by atoms with Gasteiger partial charge >= 0.3 is 5.97 Å². The van der Waals surface area contributed by atoms with E-state index in [-0.39, 0.29) is 16.7 Å². The molecule has 0 fully saturated rings. The van der Waals surface area contributed by atoms with Crippen LogP contribution in [0.25, 0.3) is 0 Å². The van der Waals surface area contributed by atoms with Crippen molar-refractivity contribution in [3.63, 3.8) is 0 Å². The number of rotatable bonds is 4. The number of benzene rings is 2. The zero-order chi connectivity index (χ0) is 21.4. The Bertz CT molecular complexity index is 955. The average molecular weight is 392 g/mol. The molecule has 0 N–H and O–H groups in total. The molecule has 0 heterocycles. The van der Waals surface area contributed by atoms with Gasteiger partial charge in [-0.15, -0.1) is 0 Å². The van der Waals surface area contributed by atoms with E-state index in [1.54, 1.807) is 29.2 Å². The summed E-state index contributed by atoms with van der Waals surface area (Å²) in [6.07, 6.45) is 3.54. The van der Waals surface area contributed by atoms with Crippen LogP contribution < -0.4 is 4.90 Å². The van der Waals surface area contributed by atoms with Crippen molar-refractivity contribution in [3.05, 3.63) is 71.8 Å². The summed E-state index contributed by atoms with van der Waals surface area (Å²) in [5, 5.41) is 0. The predicted molar refractivity (Wildman–Crippen MR) is 117 cm³/mol. The summed E-state index contributed by atoms with van der Waals surface area (Å²) < 4.78 is 4.76. The maximum atomic E-state index is 12.8. The fraction of sp³-hybridized carbons (Fsp3) is 0.360. The first-order valence-corrected chi connectivity index (χ1v) is 9.90. The molecule has 2 aromatic carbocycles. The summed E-state index contributed by atoms with van der Waals surface area (Å²) in [5.74, 6) is -0.625. The third-order valence-corrected chi connectivity index (χ3v) is 6.04. The maximum absolute atomic E-state index is 12.8. The molecular weight excluding hydrogens is 362 g/mol. The van der Waals surface area contributed by atoms with Crippen LogP contribution in [0.4, 0.5) is 11.4 Å². The van der Waals surface area contributed by atoms with Crippen LogP contribution in [-0.4, -0.2) is 19.0 Å². The molecule has 2 aromatic rings. The van der Waals surface area contributed by atoms with E-state index < -0.39 is 5.97 Å². The largest absolute Gasteiger partial charge is 0.465 e. The third kappa shape index (κ3) is 3.84. The van der Waals surface area contributed by atoms with E-state index in [2.05, 4.69) is 46.4 Å². The molecule has 1 amide bonds. The van der Waals surface area contributed by atoms with Crippen molar-refractivity contribution in [1.82, 2.24) is 0 Å². The topological polar surface area (TPSA) is 46.6 Å². The van der Waals surface area contributed by atoms with Gasteiger partial charge < -0.3 is 4.74 Å². The van der Waals surface area contributed by atoms with Gasteiger partial charge in [-0.05, 0) is 77.3 Å². The van der Waals surface area contributed by atoms with E-state index >= 15 is 0 Å². The Morgan fingerprint density at radius 3 is 2.03 bits per heavy atom. The predicted octanol–water partition coefficient (Wildman–Crippen LogP) is 5.67. The Kier molecular flexibility index (Phi) is 5.40. The molecule has 29 heavy (non-hydrogen) atoms. The summed E-state index contributed by atoms with van der Waals surface area (Å²) in [7, 11) is 1.35. The van der Waals surface area contributed by atoms with Gasteiger partial charge in [0.1, 0.15) is 0 Å². The lowest BCUT2D eigenvalue weighted by molar-refractivity contribution is -0.113. The number of amides is 1. The smallest absolute Gasteiger partial charge is 0.337 e. The van der Waals surface area contributed by atoms with Crippen LogP contribution in [0, 0.1) is 0 Å². The summed E-state index contributed by atoms with van der Waals surface area (Å²) >= 11 is 0. The van der Waals surface area contributed by atoms with Crippen LogP contribution >= 0.6 is 0 Å². The maximum Gasteiger partial charge on any atom is 0.337 e. The van der Waals surface area contributed by atoms with Crippen LogP contribution in [0.15, 0.2) is 55.1 Å². The van der Waals surface area contributed by atoms with Crippen molar-refractivity contribution in [2.24, 2.45) is 0 Å². The first kappa shape index (κ1) is 20.8. The number of hydrogen-bond acceptors (Lipinski definition) is 3. The minimum Gasteiger partial charge on any atom is -0.465 e. The Balaban J connectivity index is 2.10. The molecule has 0 aliphatic heterocycles. The second-order valence-corrected chi connectivity index (χ2v) is 8.91. The standard InChI is InChI=1S/C25H29NO3/c1-7-22(27)26(18-10-8-17(9-11-18)23(28)29-6)19-12-13-20-21(16-19)25(4,5)15-14-24(20,2)3/h7-13,16H,1,14-15H2,2-6H3. The SMILES string of the molecule is C=CC(=O)N(c1ccc(C(=O)OC)cc1)c1ccc2c(c1)C(C)(C)CCC2(C)C. The molecule has 0 bridgehead atoms. The van der Waals surface area contributed by atoms with Crippen molar-refractivity contribution in [3.8, 4) is 0 Å². The molecule has 0 radical (unpaired) electrons. The fourth-order valence-corrected chi connectivity index (χ4v) is 4.08. The Labute approximate surface area is 173 Å². The van der Waals surface area contributed by atoms with Crippen molar-refractivity contribution < 1.29 is 14.3 Å². The van der Waals surface area contributed by atoms with Gasteiger partial charge in [0.15, 0.2) is 0 Å².